The molecule has 2 aliphatic rings. The van der Waals surface area contributed by atoms with Gasteiger partial charge in [-0.05, 0) is 74.0 Å². The van der Waals surface area contributed by atoms with E-state index in [4.69, 9.17) is 17.3 Å². The second-order valence-electron chi connectivity index (χ2n) is 8.55. The molecule has 1 aromatic heterocycles. The van der Waals surface area contributed by atoms with Gasteiger partial charge in [-0.1, -0.05) is 41.9 Å². The number of fused-ring (bicyclic) bond motifs is 3. The van der Waals surface area contributed by atoms with E-state index in [-0.39, 0.29) is 12.0 Å². The fraction of sp³-hybridized carbons (Fsp3) is 0.417. The zero-order valence-electron chi connectivity index (χ0n) is 16.1. The fourth-order valence-corrected chi connectivity index (χ4v) is 5.13. The number of aromatic amines is 1. The minimum absolute atomic E-state index is 0.0906. The molecule has 3 nitrogen and oxygen atoms in total. The molecule has 0 amide bonds. The van der Waals surface area contributed by atoms with Crippen molar-refractivity contribution < 1.29 is 0 Å². The van der Waals surface area contributed by atoms with Crippen molar-refractivity contribution in [2.24, 2.45) is 11.7 Å². The lowest BCUT2D eigenvalue weighted by Crippen LogP contribution is -2.41. The number of hydrogen-bond acceptors (Lipinski definition) is 2. The van der Waals surface area contributed by atoms with E-state index in [0.717, 1.165) is 36.9 Å². The molecule has 1 saturated carbocycles. The van der Waals surface area contributed by atoms with Crippen LogP contribution in [0.3, 0.4) is 0 Å². The van der Waals surface area contributed by atoms with Crippen LogP contribution in [0.2, 0.25) is 5.02 Å². The Kier molecular flexibility index (Phi) is 4.92. The largest absolute Gasteiger partial charge is 0.358 e. The molecule has 2 aromatic carbocycles. The summed E-state index contributed by atoms with van der Waals surface area (Å²) in [6, 6.07) is 17.0. The molecule has 0 radical (unpaired) electrons. The Bertz CT molecular complexity index is 975. The van der Waals surface area contributed by atoms with Crippen molar-refractivity contribution in [2.75, 3.05) is 13.1 Å². The number of hydrogen-bond donors (Lipinski definition) is 3. The van der Waals surface area contributed by atoms with Gasteiger partial charge in [-0.25, -0.2) is 0 Å². The van der Waals surface area contributed by atoms with Crippen molar-refractivity contribution in [2.45, 2.75) is 43.6 Å². The zero-order chi connectivity index (χ0) is 19.1. The summed E-state index contributed by atoms with van der Waals surface area (Å²) in [6.45, 7) is 2.18. The smallest absolute Gasteiger partial charge is 0.0459 e. The van der Waals surface area contributed by atoms with E-state index in [1.165, 1.54) is 40.6 Å². The Morgan fingerprint density at radius 1 is 1.11 bits per heavy atom. The Morgan fingerprint density at radius 3 is 2.79 bits per heavy atom. The highest BCUT2D eigenvalue weighted by molar-refractivity contribution is 6.30. The molecule has 4 N–H and O–H groups in total. The van der Waals surface area contributed by atoms with Gasteiger partial charge in [0, 0.05) is 39.5 Å². The molecular formula is C24H28ClN3. The summed E-state index contributed by atoms with van der Waals surface area (Å²) in [6.07, 6.45) is 4.79. The molecule has 146 valence electrons. The first-order valence-corrected chi connectivity index (χ1v) is 10.9. The minimum atomic E-state index is 0.0906. The fourth-order valence-electron chi connectivity index (χ4n) is 4.93. The molecule has 0 saturated heterocycles. The second kappa shape index (κ2) is 7.55. The molecule has 1 heterocycles. The molecule has 3 atom stereocenters. The highest BCUT2D eigenvalue weighted by Gasteiger charge is 2.37. The lowest BCUT2D eigenvalue weighted by atomic mass is 9.71. The second-order valence-corrected chi connectivity index (χ2v) is 8.98. The summed E-state index contributed by atoms with van der Waals surface area (Å²) in [5.74, 6) is 1.53. The molecule has 0 spiro atoms. The number of para-hydroxylation sites is 1. The zero-order valence-corrected chi connectivity index (χ0v) is 16.9. The molecule has 4 heteroatoms. The summed E-state index contributed by atoms with van der Waals surface area (Å²) in [4.78, 5) is 3.69. The molecule has 0 unspecified atom stereocenters. The standard InChI is InChI=1S/C24H28ClN3/c25-17-5-3-4-16(12-17)20-13-22-23(18-6-1-2-7-21(18)28-22)19(24(20)26)10-11-27-14-15-8-9-15/h1-7,12,15,19-20,24,27-28H,8-11,13-14,26H2/t19-,20-,24+/m1/s1. The van der Waals surface area contributed by atoms with E-state index in [0.29, 0.717) is 5.92 Å². The maximum atomic E-state index is 6.94. The van der Waals surface area contributed by atoms with Gasteiger partial charge in [0.1, 0.15) is 0 Å². The number of aromatic nitrogens is 1. The van der Waals surface area contributed by atoms with Gasteiger partial charge in [-0.15, -0.1) is 0 Å². The van der Waals surface area contributed by atoms with Gasteiger partial charge in [0.2, 0.25) is 0 Å². The van der Waals surface area contributed by atoms with E-state index in [1.807, 2.05) is 12.1 Å². The van der Waals surface area contributed by atoms with E-state index >= 15 is 0 Å². The predicted molar refractivity (Wildman–Crippen MR) is 117 cm³/mol. The molecule has 2 aliphatic carbocycles. The van der Waals surface area contributed by atoms with Crippen molar-refractivity contribution in [3.8, 4) is 0 Å². The van der Waals surface area contributed by atoms with Gasteiger partial charge in [-0.2, -0.15) is 0 Å². The first-order chi connectivity index (χ1) is 13.7. The normalized spacial score (nSPS) is 24.4. The summed E-state index contributed by atoms with van der Waals surface area (Å²) in [5.41, 5.74) is 12.2. The van der Waals surface area contributed by atoms with Crippen LogP contribution >= 0.6 is 11.6 Å². The Balaban J connectivity index is 1.48. The molecule has 3 aromatic rings. The van der Waals surface area contributed by atoms with E-state index in [9.17, 15) is 0 Å². The number of halogens is 1. The van der Waals surface area contributed by atoms with E-state index in [2.05, 4.69) is 46.7 Å². The van der Waals surface area contributed by atoms with Crippen LogP contribution in [-0.4, -0.2) is 24.1 Å². The van der Waals surface area contributed by atoms with Gasteiger partial charge in [-0.3, -0.25) is 0 Å². The topological polar surface area (TPSA) is 53.8 Å². The molecule has 5 rings (SSSR count). The van der Waals surface area contributed by atoms with Crippen LogP contribution in [0.5, 0.6) is 0 Å². The summed E-state index contributed by atoms with van der Waals surface area (Å²) >= 11 is 6.29. The van der Waals surface area contributed by atoms with Crippen LogP contribution < -0.4 is 11.1 Å². The summed E-state index contributed by atoms with van der Waals surface area (Å²) in [7, 11) is 0. The lowest BCUT2D eigenvalue weighted by Gasteiger charge is -2.37. The van der Waals surface area contributed by atoms with Gasteiger partial charge in [0.15, 0.2) is 0 Å². The minimum Gasteiger partial charge on any atom is -0.358 e. The maximum Gasteiger partial charge on any atom is 0.0459 e. The van der Waals surface area contributed by atoms with Crippen molar-refractivity contribution in [3.63, 3.8) is 0 Å². The quantitative estimate of drug-likeness (QED) is 0.518. The SMILES string of the molecule is N[C@@H]1[C@@H](c2cccc(Cl)c2)Cc2[nH]c3ccccc3c2[C@H]1CCNCC1CC1. The van der Waals surface area contributed by atoms with Crippen LogP contribution in [0.15, 0.2) is 48.5 Å². The molecule has 0 bridgehead atoms. The van der Waals surface area contributed by atoms with Crippen LogP contribution in [0, 0.1) is 5.92 Å². The number of rotatable bonds is 6. The van der Waals surface area contributed by atoms with Gasteiger partial charge < -0.3 is 16.0 Å². The van der Waals surface area contributed by atoms with Crippen molar-refractivity contribution in [1.82, 2.24) is 10.3 Å². The van der Waals surface area contributed by atoms with Crippen molar-refractivity contribution >= 4 is 22.5 Å². The Labute approximate surface area is 171 Å². The third-order valence-electron chi connectivity index (χ3n) is 6.59. The van der Waals surface area contributed by atoms with Gasteiger partial charge in [0.05, 0.1) is 0 Å². The molecule has 1 fully saturated rings. The van der Waals surface area contributed by atoms with Crippen LogP contribution in [-0.2, 0) is 6.42 Å². The summed E-state index contributed by atoms with van der Waals surface area (Å²) < 4.78 is 0. The number of nitrogens with one attached hydrogen (secondary N) is 2. The predicted octanol–water partition coefficient (Wildman–Crippen LogP) is 4.96. The lowest BCUT2D eigenvalue weighted by molar-refractivity contribution is 0.391. The Morgan fingerprint density at radius 2 is 1.96 bits per heavy atom. The maximum absolute atomic E-state index is 6.94. The van der Waals surface area contributed by atoms with Crippen LogP contribution in [0.25, 0.3) is 10.9 Å². The average Bonchev–Trinajstić information content (AvgIpc) is 3.45. The first kappa shape index (κ1) is 18.2. The third kappa shape index (κ3) is 3.47. The van der Waals surface area contributed by atoms with Gasteiger partial charge >= 0.3 is 0 Å². The number of benzene rings is 2. The van der Waals surface area contributed by atoms with Crippen LogP contribution in [0.4, 0.5) is 0 Å². The van der Waals surface area contributed by atoms with Crippen molar-refractivity contribution in [3.05, 3.63) is 70.4 Å². The van der Waals surface area contributed by atoms with E-state index < -0.39 is 0 Å². The Hall–Kier alpha value is -1.81. The van der Waals surface area contributed by atoms with Crippen molar-refractivity contribution in [1.29, 1.82) is 0 Å². The van der Waals surface area contributed by atoms with Gasteiger partial charge in [0.25, 0.3) is 0 Å². The first-order valence-electron chi connectivity index (χ1n) is 10.5. The molecule has 0 aliphatic heterocycles. The van der Waals surface area contributed by atoms with E-state index in [1.54, 1.807) is 0 Å². The number of H-pyrrole nitrogens is 1. The highest BCUT2D eigenvalue weighted by Crippen LogP contribution is 2.44. The van der Waals surface area contributed by atoms with Crippen LogP contribution in [0.1, 0.15) is 47.9 Å². The summed E-state index contributed by atoms with van der Waals surface area (Å²) in [5, 5.41) is 5.79. The molecular weight excluding hydrogens is 366 g/mol. The average molecular weight is 394 g/mol. The third-order valence-corrected chi connectivity index (χ3v) is 6.83. The highest BCUT2D eigenvalue weighted by atomic mass is 35.5. The number of nitrogens with two attached hydrogens (primary N) is 1. The monoisotopic (exact) mass is 393 g/mol. The molecule has 28 heavy (non-hydrogen) atoms.